The van der Waals surface area contributed by atoms with Gasteiger partial charge in [0.25, 0.3) is 0 Å². The Kier molecular flexibility index (Phi) is 6.49. The first-order valence-electron chi connectivity index (χ1n) is 3.94. The van der Waals surface area contributed by atoms with Crippen molar-refractivity contribution in [2.45, 2.75) is 12.5 Å². The highest BCUT2D eigenvalue weighted by molar-refractivity contribution is 6.35. The molecule has 0 radical (unpaired) electrons. The molecule has 0 aromatic heterocycles. The van der Waals surface area contributed by atoms with Gasteiger partial charge in [-0.15, -0.1) is 12.4 Å². The van der Waals surface area contributed by atoms with Crippen LogP contribution in [0.5, 0.6) is 0 Å². The Bertz CT molecular complexity index is 273. The molecule has 1 atom stereocenters. The van der Waals surface area contributed by atoms with Gasteiger partial charge in [-0.05, 0) is 24.1 Å². The van der Waals surface area contributed by atoms with E-state index in [1.807, 2.05) is 0 Å². The van der Waals surface area contributed by atoms with Crippen molar-refractivity contribution in [3.8, 4) is 0 Å². The maximum Gasteiger partial charge on any atom is 0.0585 e. The maximum atomic E-state index is 8.77. The third-order valence-electron chi connectivity index (χ3n) is 1.76. The first kappa shape index (κ1) is 14.0. The van der Waals surface area contributed by atoms with E-state index in [-0.39, 0.29) is 25.1 Å². The second kappa shape index (κ2) is 6.49. The lowest BCUT2D eigenvalue weighted by Gasteiger charge is -2.10. The summed E-state index contributed by atoms with van der Waals surface area (Å²) in [6.07, 6.45) is 0.495. The molecule has 0 fully saturated rings. The molecule has 0 aliphatic heterocycles. The van der Waals surface area contributed by atoms with Gasteiger partial charge in [0.05, 0.1) is 6.61 Å². The van der Waals surface area contributed by atoms with Crippen LogP contribution in [0.3, 0.4) is 0 Å². The van der Waals surface area contributed by atoms with Gasteiger partial charge in [-0.25, -0.2) is 0 Å². The molecule has 0 aliphatic rings. The van der Waals surface area contributed by atoms with E-state index in [9.17, 15) is 0 Å². The van der Waals surface area contributed by atoms with Crippen LogP contribution in [0.4, 0.5) is 0 Å². The molecule has 2 nitrogen and oxygen atoms in total. The zero-order chi connectivity index (χ0) is 9.84. The summed E-state index contributed by atoms with van der Waals surface area (Å²) < 4.78 is 0. The second-order valence-electron chi connectivity index (χ2n) is 2.85. The van der Waals surface area contributed by atoms with Crippen molar-refractivity contribution < 1.29 is 5.11 Å². The molecule has 80 valence electrons. The predicted octanol–water partition coefficient (Wildman–Crippen LogP) is 2.28. The van der Waals surface area contributed by atoms with E-state index in [0.717, 1.165) is 5.56 Å². The molecule has 5 heteroatoms. The first-order chi connectivity index (χ1) is 6.15. The number of nitrogens with two attached hydrogens (primary N) is 1. The lowest BCUT2D eigenvalue weighted by molar-refractivity contribution is 0.265. The van der Waals surface area contributed by atoms with Crippen molar-refractivity contribution >= 4 is 35.6 Å². The van der Waals surface area contributed by atoms with Crippen LogP contribution in [0.1, 0.15) is 5.56 Å². The Morgan fingerprint density at radius 1 is 1.29 bits per heavy atom. The van der Waals surface area contributed by atoms with Crippen molar-refractivity contribution in [2.75, 3.05) is 6.61 Å². The minimum absolute atomic E-state index is 0. The van der Waals surface area contributed by atoms with Gasteiger partial charge in [0, 0.05) is 16.1 Å². The van der Waals surface area contributed by atoms with E-state index in [1.165, 1.54) is 0 Å². The zero-order valence-electron chi connectivity index (χ0n) is 7.41. The summed E-state index contributed by atoms with van der Waals surface area (Å²) in [5, 5.41) is 9.95. The van der Waals surface area contributed by atoms with Gasteiger partial charge in [0.2, 0.25) is 0 Å². The molecule has 0 heterocycles. The lowest BCUT2D eigenvalue weighted by atomic mass is 10.1. The van der Waals surface area contributed by atoms with Crippen molar-refractivity contribution in [1.82, 2.24) is 0 Å². The normalized spacial score (nSPS) is 12.0. The minimum Gasteiger partial charge on any atom is -0.395 e. The average molecular weight is 257 g/mol. The van der Waals surface area contributed by atoms with Crippen molar-refractivity contribution in [3.63, 3.8) is 0 Å². The quantitative estimate of drug-likeness (QED) is 0.871. The minimum atomic E-state index is -0.308. The molecule has 0 aliphatic carbocycles. The van der Waals surface area contributed by atoms with E-state index in [2.05, 4.69) is 0 Å². The van der Waals surface area contributed by atoms with Crippen molar-refractivity contribution in [3.05, 3.63) is 33.8 Å². The topological polar surface area (TPSA) is 46.2 Å². The van der Waals surface area contributed by atoms with E-state index in [4.69, 9.17) is 34.0 Å². The Balaban J connectivity index is 0.00000169. The first-order valence-corrected chi connectivity index (χ1v) is 4.70. The van der Waals surface area contributed by atoms with Gasteiger partial charge >= 0.3 is 0 Å². The van der Waals surface area contributed by atoms with Gasteiger partial charge in [-0.2, -0.15) is 0 Å². The monoisotopic (exact) mass is 255 g/mol. The lowest BCUT2D eigenvalue weighted by Crippen LogP contribution is -2.27. The van der Waals surface area contributed by atoms with Crippen LogP contribution in [0, 0.1) is 0 Å². The van der Waals surface area contributed by atoms with Crippen LogP contribution in [0.2, 0.25) is 10.0 Å². The molecular formula is C9H12Cl3NO. The van der Waals surface area contributed by atoms with Crippen LogP contribution in [-0.2, 0) is 6.42 Å². The summed E-state index contributed by atoms with van der Waals surface area (Å²) in [7, 11) is 0. The summed E-state index contributed by atoms with van der Waals surface area (Å²) in [4.78, 5) is 0. The second-order valence-corrected chi connectivity index (χ2v) is 3.66. The molecule has 1 unspecified atom stereocenters. The zero-order valence-corrected chi connectivity index (χ0v) is 9.74. The molecule has 3 N–H and O–H groups in total. The Labute approximate surface area is 99.4 Å². The fourth-order valence-corrected chi connectivity index (χ4v) is 1.61. The smallest absolute Gasteiger partial charge is 0.0585 e. The summed E-state index contributed by atoms with van der Waals surface area (Å²) in [6.45, 7) is -0.0679. The summed E-state index contributed by atoms with van der Waals surface area (Å²) in [5.41, 5.74) is 6.37. The fourth-order valence-electron chi connectivity index (χ4n) is 1.05. The Morgan fingerprint density at radius 2 is 1.79 bits per heavy atom. The third kappa shape index (κ3) is 3.64. The fraction of sp³-hybridized carbons (Fsp3) is 0.333. The number of aliphatic hydroxyl groups is 1. The third-order valence-corrected chi connectivity index (χ3v) is 2.47. The van der Waals surface area contributed by atoms with Gasteiger partial charge in [-0.1, -0.05) is 29.3 Å². The predicted molar refractivity (Wildman–Crippen MR) is 62.5 cm³/mol. The number of hydrogen-bond donors (Lipinski definition) is 2. The molecule has 1 aromatic carbocycles. The van der Waals surface area contributed by atoms with Crippen molar-refractivity contribution in [1.29, 1.82) is 0 Å². The maximum absolute atomic E-state index is 8.77. The Hall–Kier alpha value is 0.01000. The molecule has 0 bridgehead atoms. The van der Waals surface area contributed by atoms with Crippen LogP contribution in [-0.4, -0.2) is 17.8 Å². The van der Waals surface area contributed by atoms with E-state index >= 15 is 0 Å². The number of rotatable bonds is 3. The number of halogens is 3. The summed E-state index contributed by atoms with van der Waals surface area (Å²) in [5.74, 6) is 0. The number of aliphatic hydroxyl groups excluding tert-OH is 1. The van der Waals surface area contributed by atoms with Crippen LogP contribution in [0.25, 0.3) is 0 Å². The number of benzene rings is 1. The molecule has 14 heavy (non-hydrogen) atoms. The van der Waals surface area contributed by atoms with E-state index in [1.54, 1.807) is 18.2 Å². The summed E-state index contributed by atoms with van der Waals surface area (Å²) >= 11 is 11.8. The largest absolute Gasteiger partial charge is 0.395 e. The van der Waals surface area contributed by atoms with Crippen LogP contribution >= 0.6 is 35.6 Å². The number of hydrogen-bond acceptors (Lipinski definition) is 2. The molecule has 1 aromatic rings. The average Bonchev–Trinajstić information content (AvgIpc) is 2.11. The highest BCUT2D eigenvalue weighted by Gasteiger charge is 2.09. The molecule has 0 spiro atoms. The van der Waals surface area contributed by atoms with Gasteiger partial charge in [0.1, 0.15) is 0 Å². The molecule has 0 saturated heterocycles. The van der Waals surface area contributed by atoms with Crippen molar-refractivity contribution in [2.24, 2.45) is 5.73 Å². The van der Waals surface area contributed by atoms with Crippen LogP contribution < -0.4 is 5.73 Å². The van der Waals surface area contributed by atoms with E-state index < -0.39 is 0 Å². The molecule has 1 rings (SSSR count). The highest BCUT2D eigenvalue weighted by atomic mass is 35.5. The molecular weight excluding hydrogens is 244 g/mol. The summed E-state index contributed by atoms with van der Waals surface area (Å²) in [6, 6.07) is 4.98. The van der Waals surface area contributed by atoms with Gasteiger partial charge in [-0.3, -0.25) is 0 Å². The van der Waals surface area contributed by atoms with Gasteiger partial charge < -0.3 is 10.8 Å². The SMILES string of the molecule is Cl.NC(CO)Cc1c(Cl)cccc1Cl. The van der Waals surface area contributed by atoms with Gasteiger partial charge in [0.15, 0.2) is 0 Å². The highest BCUT2D eigenvalue weighted by Crippen LogP contribution is 2.24. The standard InChI is InChI=1S/C9H11Cl2NO.ClH/c10-8-2-1-3-9(11)7(8)4-6(12)5-13;/h1-3,6,13H,4-5,12H2;1H. The molecule has 0 amide bonds. The van der Waals surface area contributed by atoms with E-state index in [0.29, 0.717) is 16.5 Å². The van der Waals surface area contributed by atoms with Crippen LogP contribution in [0.15, 0.2) is 18.2 Å². The molecule has 0 saturated carbocycles. The Morgan fingerprint density at radius 3 is 2.21 bits per heavy atom.